The van der Waals surface area contributed by atoms with Crippen LogP contribution in [0.5, 0.6) is 5.75 Å². The van der Waals surface area contributed by atoms with Gasteiger partial charge < -0.3 is 19.5 Å². The van der Waals surface area contributed by atoms with Crippen LogP contribution in [0.4, 0.5) is 0 Å². The minimum Gasteiger partial charge on any atom is -0.507 e. The van der Waals surface area contributed by atoms with E-state index >= 15 is 0 Å². The first-order chi connectivity index (χ1) is 14.0. The molecule has 0 aromatic heterocycles. The van der Waals surface area contributed by atoms with Gasteiger partial charge in [-0.2, -0.15) is 0 Å². The number of amides is 1. The Morgan fingerprint density at radius 1 is 1.07 bits per heavy atom. The van der Waals surface area contributed by atoms with E-state index in [9.17, 15) is 14.7 Å². The number of halogens is 1. The molecule has 1 atom stereocenters. The van der Waals surface area contributed by atoms with Gasteiger partial charge in [-0.1, -0.05) is 23.7 Å². The van der Waals surface area contributed by atoms with Crippen molar-refractivity contribution >= 4 is 29.1 Å². The number of ketones is 1. The van der Waals surface area contributed by atoms with Gasteiger partial charge in [0.05, 0.1) is 18.7 Å². The molecule has 0 saturated carbocycles. The van der Waals surface area contributed by atoms with Crippen LogP contribution >= 0.6 is 11.6 Å². The maximum atomic E-state index is 12.8. The van der Waals surface area contributed by atoms with Crippen LogP contribution in [0.1, 0.15) is 23.6 Å². The number of rotatable bonds is 7. The number of likely N-dealkylation sites (tertiary alicyclic amines) is 1. The van der Waals surface area contributed by atoms with Gasteiger partial charge in [-0.25, -0.2) is 0 Å². The molecule has 0 radical (unpaired) electrons. The minimum atomic E-state index is -0.712. The highest BCUT2D eigenvalue weighted by atomic mass is 35.5. The fraction of sp³-hybridized carbons (Fsp3) is 0.273. The number of carbonyl (C=O) groups is 2. The molecule has 0 bridgehead atoms. The predicted molar refractivity (Wildman–Crippen MR) is 110 cm³/mol. The van der Waals surface area contributed by atoms with E-state index in [1.807, 2.05) is 0 Å². The lowest BCUT2D eigenvalue weighted by Gasteiger charge is -2.25. The Balaban J connectivity index is 2.09. The van der Waals surface area contributed by atoms with Crippen LogP contribution in [0, 0.1) is 0 Å². The van der Waals surface area contributed by atoms with Gasteiger partial charge in [0, 0.05) is 30.8 Å². The molecule has 1 saturated heterocycles. The number of ether oxygens (including phenoxy) is 2. The molecule has 2 aromatic carbocycles. The van der Waals surface area contributed by atoms with Crippen molar-refractivity contribution in [2.75, 3.05) is 27.4 Å². The lowest BCUT2D eigenvalue weighted by atomic mass is 9.95. The summed E-state index contributed by atoms with van der Waals surface area (Å²) >= 11 is 5.92. The van der Waals surface area contributed by atoms with Gasteiger partial charge in [-0.05, 0) is 48.4 Å². The maximum absolute atomic E-state index is 12.8. The Morgan fingerprint density at radius 3 is 2.31 bits per heavy atom. The van der Waals surface area contributed by atoms with Crippen molar-refractivity contribution in [3.8, 4) is 5.75 Å². The van der Waals surface area contributed by atoms with Crippen molar-refractivity contribution < 1.29 is 24.2 Å². The average Bonchev–Trinajstić information content (AvgIpc) is 2.99. The third-order valence-corrected chi connectivity index (χ3v) is 5.09. The molecule has 0 unspecified atom stereocenters. The fourth-order valence-corrected chi connectivity index (χ4v) is 3.51. The van der Waals surface area contributed by atoms with E-state index in [0.717, 1.165) is 0 Å². The fourth-order valence-electron chi connectivity index (χ4n) is 3.39. The van der Waals surface area contributed by atoms with E-state index in [1.165, 1.54) is 4.90 Å². The molecule has 29 heavy (non-hydrogen) atoms. The number of nitrogens with zero attached hydrogens (tertiary/aromatic N) is 1. The Kier molecular flexibility index (Phi) is 6.56. The van der Waals surface area contributed by atoms with Crippen molar-refractivity contribution in [1.29, 1.82) is 0 Å². The minimum absolute atomic E-state index is 0.0555. The largest absolute Gasteiger partial charge is 0.507 e. The van der Waals surface area contributed by atoms with Gasteiger partial charge in [0.15, 0.2) is 0 Å². The summed E-state index contributed by atoms with van der Waals surface area (Å²) in [5.41, 5.74) is 1.18. The van der Waals surface area contributed by atoms with Crippen LogP contribution in [0.15, 0.2) is 54.1 Å². The number of hydrogen-bond donors (Lipinski definition) is 1. The highest BCUT2D eigenvalue weighted by Crippen LogP contribution is 2.39. The van der Waals surface area contributed by atoms with Crippen molar-refractivity contribution in [3.05, 3.63) is 70.3 Å². The first-order valence-electron chi connectivity index (χ1n) is 9.15. The first kappa shape index (κ1) is 20.9. The summed E-state index contributed by atoms with van der Waals surface area (Å²) in [4.78, 5) is 27.1. The Morgan fingerprint density at radius 2 is 1.72 bits per heavy atom. The summed E-state index contributed by atoms with van der Waals surface area (Å²) in [5, 5.41) is 11.4. The quantitative estimate of drug-likeness (QED) is 0.322. The van der Waals surface area contributed by atoms with Crippen LogP contribution in [-0.4, -0.2) is 49.1 Å². The van der Waals surface area contributed by atoms with E-state index in [4.69, 9.17) is 21.1 Å². The predicted octanol–water partition coefficient (Wildman–Crippen LogP) is 3.81. The number of methoxy groups -OCH3 is 2. The number of hydrogen-bond acceptors (Lipinski definition) is 5. The summed E-state index contributed by atoms with van der Waals surface area (Å²) in [6.07, 6.45) is 0.567. The molecule has 1 aliphatic heterocycles. The van der Waals surface area contributed by atoms with E-state index in [0.29, 0.717) is 41.5 Å². The second-order valence-corrected chi connectivity index (χ2v) is 7.06. The summed E-state index contributed by atoms with van der Waals surface area (Å²) in [6, 6.07) is 12.8. The molecule has 1 heterocycles. The zero-order chi connectivity index (χ0) is 21.0. The first-order valence-corrected chi connectivity index (χ1v) is 9.53. The topological polar surface area (TPSA) is 76.1 Å². The molecule has 152 valence electrons. The zero-order valence-electron chi connectivity index (χ0n) is 16.2. The molecule has 7 heteroatoms. The second kappa shape index (κ2) is 9.11. The van der Waals surface area contributed by atoms with Crippen LogP contribution in [0.25, 0.3) is 5.76 Å². The number of aliphatic hydroxyl groups is 1. The van der Waals surface area contributed by atoms with Crippen LogP contribution in [0.3, 0.4) is 0 Å². The molecule has 1 fully saturated rings. The van der Waals surface area contributed by atoms with E-state index in [2.05, 4.69) is 0 Å². The molecular weight excluding hydrogens is 394 g/mol. The number of carbonyl (C=O) groups excluding carboxylic acids is 2. The van der Waals surface area contributed by atoms with Crippen LogP contribution < -0.4 is 4.74 Å². The lowest BCUT2D eigenvalue weighted by Crippen LogP contribution is -2.31. The smallest absolute Gasteiger partial charge is 0.295 e. The van der Waals surface area contributed by atoms with Gasteiger partial charge in [0.2, 0.25) is 0 Å². The molecule has 1 amide bonds. The summed E-state index contributed by atoms with van der Waals surface area (Å²) in [6.45, 7) is 0.780. The average molecular weight is 416 g/mol. The Labute approximate surface area is 174 Å². The second-order valence-electron chi connectivity index (χ2n) is 6.62. The molecule has 1 aliphatic rings. The monoisotopic (exact) mass is 415 g/mol. The highest BCUT2D eigenvalue weighted by Gasteiger charge is 2.45. The highest BCUT2D eigenvalue weighted by molar-refractivity contribution is 6.46. The van der Waals surface area contributed by atoms with Crippen LogP contribution in [0.2, 0.25) is 5.02 Å². The van der Waals surface area contributed by atoms with Gasteiger partial charge in [0.1, 0.15) is 11.5 Å². The number of aliphatic hydroxyl groups excluding tert-OH is 1. The molecule has 6 nitrogen and oxygen atoms in total. The molecule has 0 aliphatic carbocycles. The standard InChI is InChI=1S/C22H22ClNO5/c1-28-13-3-12-24-19(14-6-10-17(29-2)11-7-14)18(21(26)22(24)27)20(25)15-4-8-16(23)9-5-15/h4-11,19,25H,3,12-13H2,1-2H3/t19-/m1/s1. The Bertz CT molecular complexity index is 921. The maximum Gasteiger partial charge on any atom is 0.295 e. The number of benzene rings is 2. The van der Waals surface area contributed by atoms with E-state index in [-0.39, 0.29) is 11.3 Å². The van der Waals surface area contributed by atoms with Crippen molar-refractivity contribution in [2.45, 2.75) is 12.5 Å². The number of Topliss-reactive ketones (excluding diaryl/α,β-unsaturated/α-hetero) is 1. The lowest BCUT2D eigenvalue weighted by molar-refractivity contribution is -0.140. The Hall–Kier alpha value is -2.83. The molecule has 2 aromatic rings. The van der Waals surface area contributed by atoms with Gasteiger partial charge in [-0.3, -0.25) is 9.59 Å². The van der Waals surface area contributed by atoms with Gasteiger partial charge in [-0.15, -0.1) is 0 Å². The molecular formula is C22H22ClNO5. The summed E-state index contributed by atoms with van der Waals surface area (Å²) in [5.74, 6) is -0.925. The van der Waals surface area contributed by atoms with Crippen molar-refractivity contribution in [2.24, 2.45) is 0 Å². The third kappa shape index (κ3) is 4.28. The van der Waals surface area contributed by atoms with E-state index in [1.54, 1.807) is 62.8 Å². The molecule has 3 rings (SSSR count). The van der Waals surface area contributed by atoms with E-state index < -0.39 is 17.7 Å². The SMILES string of the molecule is COCCCN1C(=O)C(=O)C(=C(O)c2ccc(Cl)cc2)[C@H]1c1ccc(OC)cc1. The van der Waals surface area contributed by atoms with Crippen molar-refractivity contribution in [1.82, 2.24) is 4.90 Å². The molecule has 1 N–H and O–H groups in total. The summed E-state index contributed by atoms with van der Waals surface area (Å²) in [7, 11) is 3.14. The van der Waals surface area contributed by atoms with Crippen molar-refractivity contribution in [3.63, 3.8) is 0 Å². The van der Waals surface area contributed by atoms with Gasteiger partial charge >= 0.3 is 0 Å². The third-order valence-electron chi connectivity index (χ3n) is 4.84. The zero-order valence-corrected chi connectivity index (χ0v) is 17.0. The normalized spacial score (nSPS) is 18.3. The molecule has 0 spiro atoms. The van der Waals surface area contributed by atoms with Gasteiger partial charge in [0.25, 0.3) is 11.7 Å². The summed E-state index contributed by atoms with van der Waals surface area (Å²) < 4.78 is 10.3. The van der Waals surface area contributed by atoms with Crippen LogP contribution in [-0.2, 0) is 14.3 Å².